The van der Waals surface area contributed by atoms with Gasteiger partial charge in [-0.15, -0.1) is 0 Å². The van der Waals surface area contributed by atoms with E-state index in [0.717, 1.165) is 32.2 Å². The van der Waals surface area contributed by atoms with Crippen molar-refractivity contribution in [2.24, 2.45) is 5.92 Å². The molecule has 2 atom stereocenters. The molecule has 1 N–H and O–H groups in total. The van der Waals surface area contributed by atoms with Gasteiger partial charge in [-0.05, 0) is 18.8 Å². The summed E-state index contributed by atoms with van der Waals surface area (Å²) in [5, 5.41) is 2.57. The number of hydrogen-bond acceptors (Lipinski definition) is 4. The van der Waals surface area contributed by atoms with Gasteiger partial charge in [-0.25, -0.2) is 0 Å². The molecule has 1 aliphatic rings. The minimum Gasteiger partial charge on any atom is -0.468 e. The van der Waals surface area contributed by atoms with E-state index in [-0.39, 0.29) is 18.6 Å². The van der Waals surface area contributed by atoms with Crippen LogP contribution in [0.1, 0.15) is 32.6 Å². The number of nitrogens with zero attached hydrogens (tertiary/aromatic N) is 1. The summed E-state index contributed by atoms with van der Waals surface area (Å²) in [7, 11) is 1.32. The van der Waals surface area contributed by atoms with E-state index in [1.165, 1.54) is 7.11 Å². The van der Waals surface area contributed by atoms with Crippen molar-refractivity contribution in [1.82, 2.24) is 10.2 Å². The summed E-state index contributed by atoms with van der Waals surface area (Å²) in [5.41, 5.74) is 0. The van der Waals surface area contributed by atoms with Crippen LogP contribution in [-0.2, 0) is 9.53 Å². The van der Waals surface area contributed by atoms with Crippen molar-refractivity contribution in [3.63, 3.8) is 0 Å². The van der Waals surface area contributed by atoms with E-state index in [9.17, 15) is 18.0 Å². The van der Waals surface area contributed by atoms with E-state index < -0.39 is 12.7 Å². The highest BCUT2D eigenvalue weighted by atomic mass is 19.4. The molecule has 0 saturated carbocycles. The quantitative estimate of drug-likeness (QED) is 0.732. The number of methoxy groups -OCH3 is 1. The van der Waals surface area contributed by atoms with Crippen LogP contribution in [0.2, 0.25) is 0 Å². The average Bonchev–Trinajstić information content (AvgIpc) is 2.42. The maximum atomic E-state index is 12.3. The standard InChI is InChI=1S/C14H25F3N2O2/c1-3-4-5-11-6-12(18-10-14(15,16)17)8-19(7-11)9-13(20)21-2/h11-12,18H,3-10H2,1-2H3. The molecular formula is C14H25F3N2O2. The van der Waals surface area contributed by atoms with Crippen LogP contribution in [0.25, 0.3) is 0 Å². The fourth-order valence-corrected chi connectivity index (χ4v) is 2.79. The molecule has 0 aliphatic carbocycles. The molecule has 1 aliphatic heterocycles. The van der Waals surface area contributed by atoms with E-state index in [1.807, 2.05) is 4.90 Å². The Morgan fingerprint density at radius 3 is 2.67 bits per heavy atom. The van der Waals surface area contributed by atoms with Gasteiger partial charge in [0.1, 0.15) is 0 Å². The number of carbonyl (C=O) groups is 1. The third-order valence-electron chi connectivity index (χ3n) is 3.75. The Balaban J connectivity index is 2.54. The Bertz CT molecular complexity index is 324. The summed E-state index contributed by atoms with van der Waals surface area (Å²) < 4.78 is 41.6. The predicted octanol–water partition coefficient (Wildman–Crippen LogP) is 2.19. The molecule has 124 valence electrons. The third-order valence-corrected chi connectivity index (χ3v) is 3.75. The number of ether oxygens (including phenoxy) is 1. The maximum Gasteiger partial charge on any atom is 0.401 e. The van der Waals surface area contributed by atoms with Crippen LogP contribution in [0, 0.1) is 5.92 Å². The van der Waals surface area contributed by atoms with Crippen molar-refractivity contribution < 1.29 is 22.7 Å². The summed E-state index contributed by atoms with van der Waals surface area (Å²) in [6.07, 6.45) is -0.369. The van der Waals surface area contributed by atoms with Crippen LogP contribution in [0.15, 0.2) is 0 Å². The van der Waals surface area contributed by atoms with Gasteiger partial charge in [0, 0.05) is 19.1 Å². The van der Waals surface area contributed by atoms with Crippen LogP contribution >= 0.6 is 0 Å². The van der Waals surface area contributed by atoms with Crippen molar-refractivity contribution in [1.29, 1.82) is 0 Å². The number of nitrogens with one attached hydrogen (secondary N) is 1. The van der Waals surface area contributed by atoms with E-state index >= 15 is 0 Å². The SMILES string of the molecule is CCCCC1CC(NCC(F)(F)F)CN(CC(=O)OC)C1. The molecule has 0 spiro atoms. The lowest BCUT2D eigenvalue weighted by Gasteiger charge is -2.38. The highest BCUT2D eigenvalue weighted by Crippen LogP contribution is 2.23. The lowest BCUT2D eigenvalue weighted by Crippen LogP contribution is -2.52. The Kier molecular flexibility index (Phi) is 7.45. The highest BCUT2D eigenvalue weighted by Gasteiger charge is 2.32. The van der Waals surface area contributed by atoms with E-state index in [4.69, 9.17) is 0 Å². The van der Waals surface area contributed by atoms with Crippen LogP contribution in [0.3, 0.4) is 0 Å². The Labute approximate surface area is 124 Å². The van der Waals surface area contributed by atoms with Crippen molar-refractivity contribution in [3.8, 4) is 0 Å². The summed E-state index contributed by atoms with van der Waals surface area (Å²) in [4.78, 5) is 13.3. The van der Waals surface area contributed by atoms with Gasteiger partial charge in [0.2, 0.25) is 0 Å². The third kappa shape index (κ3) is 7.66. The van der Waals surface area contributed by atoms with Crippen molar-refractivity contribution in [2.45, 2.75) is 44.8 Å². The van der Waals surface area contributed by atoms with Crippen LogP contribution in [0.4, 0.5) is 13.2 Å². The molecule has 0 aromatic rings. The summed E-state index contributed by atoms with van der Waals surface area (Å²) in [6.45, 7) is 2.45. The molecule has 7 heteroatoms. The smallest absolute Gasteiger partial charge is 0.401 e. The van der Waals surface area contributed by atoms with Crippen LogP contribution in [-0.4, -0.2) is 56.4 Å². The number of rotatable bonds is 7. The van der Waals surface area contributed by atoms with Gasteiger partial charge >= 0.3 is 12.1 Å². The lowest BCUT2D eigenvalue weighted by molar-refractivity contribution is -0.143. The molecule has 4 nitrogen and oxygen atoms in total. The van der Waals surface area contributed by atoms with Gasteiger partial charge in [-0.3, -0.25) is 9.69 Å². The van der Waals surface area contributed by atoms with Gasteiger partial charge in [-0.2, -0.15) is 13.2 Å². The second-order valence-corrected chi connectivity index (χ2v) is 5.71. The van der Waals surface area contributed by atoms with E-state index in [2.05, 4.69) is 17.0 Å². The molecule has 21 heavy (non-hydrogen) atoms. The van der Waals surface area contributed by atoms with Gasteiger partial charge < -0.3 is 10.1 Å². The summed E-state index contributed by atoms with van der Waals surface area (Å²) in [5.74, 6) is -0.0187. The number of hydrogen-bond donors (Lipinski definition) is 1. The van der Waals surface area contributed by atoms with E-state index in [0.29, 0.717) is 12.5 Å². The fourth-order valence-electron chi connectivity index (χ4n) is 2.79. The molecule has 1 rings (SSSR count). The Morgan fingerprint density at radius 1 is 1.38 bits per heavy atom. The molecule has 2 unspecified atom stereocenters. The fraction of sp³-hybridized carbons (Fsp3) is 0.929. The second-order valence-electron chi connectivity index (χ2n) is 5.71. The van der Waals surface area contributed by atoms with Gasteiger partial charge in [0.05, 0.1) is 20.2 Å². The first kappa shape index (κ1) is 18.2. The number of likely N-dealkylation sites (tertiary alicyclic amines) is 1. The zero-order chi connectivity index (χ0) is 15.9. The second kappa shape index (κ2) is 8.58. The monoisotopic (exact) mass is 310 g/mol. The molecule has 0 amide bonds. The van der Waals surface area contributed by atoms with Crippen LogP contribution < -0.4 is 5.32 Å². The number of halogens is 3. The molecule has 1 heterocycles. The van der Waals surface area contributed by atoms with Gasteiger partial charge in [-0.1, -0.05) is 19.8 Å². The maximum absolute atomic E-state index is 12.3. The number of alkyl halides is 3. The van der Waals surface area contributed by atoms with Crippen molar-refractivity contribution in [3.05, 3.63) is 0 Å². The molecule has 1 saturated heterocycles. The van der Waals surface area contributed by atoms with Crippen molar-refractivity contribution in [2.75, 3.05) is 33.3 Å². The number of carbonyl (C=O) groups excluding carboxylic acids is 1. The summed E-state index contributed by atoms with van der Waals surface area (Å²) in [6, 6.07) is -0.230. The lowest BCUT2D eigenvalue weighted by atomic mass is 9.90. The highest BCUT2D eigenvalue weighted by molar-refractivity contribution is 5.71. The average molecular weight is 310 g/mol. The molecule has 0 radical (unpaired) electrons. The van der Waals surface area contributed by atoms with E-state index in [1.54, 1.807) is 0 Å². The van der Waals surface area contributed by atoms with Crippen molar-refractivity contribution >= 4 is 5.97 Å². The van der Waals surface area contributed by atoms with Gasteiger partial charge in [0.15, 0.2) is 0 Å². The van der Waals surface area contributed by atoms with Crippen LogP contribution in [0.5, 0.6) is 0 Å². The Morgan fingerprint density at radius 2 is 2.10 bits per heavy atom. The number of unbranched alkanes of at least 4 members (excludes halogenated alkanes) is 1. The largest absolute Gasteiger partial charge is 0.468 e. The molecule has 1 fully saturated rings. The molecule has 0 aromatic heterocycles. The first-order valence-electron chi connectivity index (χ1n) is 7.43. The topological polar surface area (TPSA) is 41.6 Å². The summed E-state index contributed by atoms with van der Waals surface area (Å²) >= 11 is 0. The number of piperidine rings is 1. The molecular weight excluding hydrogens is 285 g/mol. The first-order chi connectivity index (χ1) is 9.84. The zero-order valence-corrected chi connectivity index (χ0v) is 12.7. The van der Waals surface area contributed by atoms with Gasteiger partial charge in [0.25, 0.3) is 0 Å². The number of esters is 1. The predicted molar refractivity (Wildman–Crippen MR) is 73.9 cm³/mol. The zero-order valence-electron chi connectivity index (χ0n) is 12.7. The molecule has 0 aromatic carbocycles. The minimum absolute atomic E-state index is 0.142. The minimum atomic E-state index is -4.20. The first-order valence-corrected chi connectivity index (χ1v) is 7.43. The Hall–Kier alpha value is -0.820. The normalized spacial score (nSPS) is 24.0. The molecule has 0 bridgehead atoms.